The highest BCUT2D eigenvalue weighted by Gasteiger charge is 2.21. The standard InChI is InChI=1S/C19H18FN3O3/c20-14-3-1-4-15(11-14)22-17(24)12-21-19(26)13-6-8-16(9-7-13)23-10-2-5-18(23)25/h1,3-4,6-9,11H,2,5,10,12H2,(H,21,26)(H,22,24). The van der Waals surface area contributed by atoms with Crippen molar-refractivity contribution in [3.8, 4) is 0 Å². The molecule has 0 aromatic heterocycles. The molecule has 2 aromatic rings. The Balaban J connectivity index is 1.53. The van der Waals surface area contributed by atoms with Crippen LogP contribution >= 0.6 is 0 Å². The smallest absolute Gasteiger partial charge is 0.251 e. The highest BCUT2D eigenvalue weighted by Crippen LogP contribution is 2.21. The fourth-order valence-corrected chi connectivity index (χ4v) is 2.75. The highest BCUT2D eigenvalue weighted by molar-refractivity contribution is 6.00. The topological polar surface area (TPSA) is 78.5 Å². The van der Waals surface area contributed by atoms with Gasteiger partial charge in [0.1, 0.15) is 5.82 Å². The summed E-state index contributed by atoms with van der Waals surface area (Å²) < 4.78 is 13.1. The lowest BCUT2D eigenvalue weighted by Crippen LogP contribution is -2.32. The van der Waals surface area contributed by atoms with Crippen LogP contribution in [-0.4, -0.2) is 30.8 Å². The van der Waals surface area contributed by atoms with Gasteiger partial charge in [-0.15, -0.1) is 0 Å². The molecule has 2 aromatic carbocycles. The van der Waals surface area contributed by atoms with Crippen molar-refractivity contribution in [2.24, 2.45) is 0 Å². The molecule has 0 unspecified atom stereocenters. The maximum absolute atomic E-state index is 13.1. The van der Waals surface area contributed by atoms with E-state index in [0.29, 0.717) is 24.2 Å². The van der Waals surface area contributed by atoms with Gasteiger partial charge < -0.3 is 15.5 Å². The molecule has 0 aliphatic carbocycles. The van der Waals surface area contributed by atoms with Gasteiger partial charge in [0.25, 0.3) is 5.91 Å². The number of nitrogens with zero attached hydrogens (tertiary/aromatic N) is 1. The highest BCUT2D eigenvalue weighted by atomic mass is 19.1. The number of nitrogens with one attached hydrogen (secondary N) is 2. The van der Waals surface area contributed by atoms with Gasteiger partial charge in [-0.2, -0.15) is 0 Å². The number of amides is 3. The van der Waals surface area contributed by atoms with Gasteiger partial charge in [-0.1, -0.05) is 6.07 Å². The maximum atomic E-state index is 13.1. The third kappa shape index (κ3) is 4.24. The number of hydrogen-bond acceptors (Lipinski definition) is 3. The minimum atomic E-state index is -0.455. The van der Waals surface area contributed by atoms with E-state index in [1.54, 1.807) is 35.2 Å². The van der Waals surface area contributed by atoms with Crippen molar-refractivity contribution >= 4 is 29.1 Å². The van der Waals surface area contributed by atoms with Crippen LogP contribution in [-0.2, 0) is 9.59 Å². The molecular weight excluding hydrogens is 337 g/mol. The number of rotatable bonds is 5. The van der Waals surface area contributed by atoms with E-state index in [-0.39, 0.29) is 12.5 Å². The molecule has 7 heteroatoms. The molecule has 134 valence electrons. The molecule has 1 fully saturated rings. The Kier molecular flexibility index (Phi) is 5.26. The summed E-state index contributed by atoms with van der Waals surface area (Å²) in [6.45, 7) is 0.451. The predicted octanol–water partition coefficient (Wildman–Crippen LogP) is 2.32. The van der Waals surface area contributed by atoms with Gasteiger partial charge in [0.05, 0.1) is 6.54 Å². The third-order valence-electron chi connectivity index (χ3n) is 4.03. The lowest BCUT2D eigenvalue weighted by molar-refractivity contribution is -0.117. The zero-order chi connectivity index (χ0) is 18.5. The normalized spacial score (nSPS) is 13.6. The quantitative estimate of drug-likeness (QED) is 0.864. The van der Waals surface area contributed by atoms with Crippen LogP contribution < -0.4 is 15.5 Å². The van der Waals surface area contributed by atoms with Crippen LogP contribution in [0.5, 0.6) is 0 Å². The van der Waals surface area contributed by atoms with Gasteiger partial charge in [-0.25, -0.2) is 4.39 Å². The Morgan fingerprint density at radius 2 is 1.88 bits per heavy atom. The molecule has 1 aliphatic rings. The number of carbonyl (C=O) groups excluding carboxylic acids is 3. The van der Waals surface area contributed by atoms with Gasteiger partial charge in [-0.3, -0.25) is 14.4 Å². The molecule has 0 spiro atoms. The molecule has 6 nitrogen and oxygen atoms in total. The first-order chi connectivity index (χ1) is 12.5. The molecular formula is C19H18FN3O3. The Hall–Kier alpha value is -3.22. The number of carbonyl (C=O) groups is 3. The van der Waals surface area contributed by atoms with Crippen LogP contribution in [0, 0.1) is 5.82 Å². The Bertz CT molecular complexity index is 836. The van der Waals surface area contributed by atoms with Crippen molar-refractivity contribution in [2.45, 2.75) is 12.8 Å². The van der Waals surface area contributed by atoms with Crippen molar-refractivity contribution in [3.05, 3.63) is 59.9 Å². The van der Waals surface area contributed by atoms with E-state index in [0.717, 1.165) is 12.1 Å². The molecule has 3 rings (SSSR count). The van der Waals surface area contributed by atoms with Crippen LogP contribution in [0.2, 0.25) is 0 Å². The predicted molar refractivity (Wildman–Crippen MR) is 95.4 cm³/mol. The number of hydrogen-bond donors (Lipinski definition) is 2. The first kappa shape index (κ1) is 17.6. The summed E-state index contributed by atoms with van der Waals surface area (Å²) in [6, 6.07) is 12.2. The second-order valence-electron chi connectivity index (χ2n) is 5.94. The van der Waals surface area contributed by atoms with Gasteiger partial charge in [0, 0.05) is 29.9 Å². The Labute approximate surface area is 150 Å². The second-order valence-corrected chi connectivity index (χ2v) is 5.94. The van der Waals surface area contributed by atoms with Gasteiger partial charge in [0.2, 0.25) is 11.8 Å². The first-order valence-electron chi connectivity index (χ1n) is 8.27. The van der Waals surface area contributed by atoms with Gasteiger partial charge >= 0.3 is 0 Å². The molecule has 1 saturated heterocycles. The molecule has 26 heavy (non-hydrogen) atoms. The van der Waals surface area contributed by atoms with E-state index in [2.05, 4.69) is 10.6 Å². The summed E-state index contributed by atoms with van der Waals surface area (Å²) in [5.74, 6) is -1.23. The number of anilines is 2. The van der Waals surface area contributed by atoms with Crippen molar-refractivity contribution in [1.82, 2.24) is 5.32 Å². The van der Waals surface area contributed by atoms with Gasteiger partial charge in [-0.05, 0) is 48.9 Å². The summed E-state index contributed by atoms with van der Waals surface area (Å²) >= 11 is 0. The minimum absolute atomic E-state index is 0.0798. The summed E-state index contributed by atoms with van der Waals surface area (Å²) in [7, 11) is 0. The molecule has 3 amide bonds. The minimum Gasteiger partial charge on any atom is -0.343 e. The molecule has 1 aliphatic heterocycles. The second kappa shape index (κ2) is 7.77. The average molecular weight is 355 g/mol. The fourth-order valence-electron chi connectivity index (χ4n) is 2.75. The van der Waals surface area contributed by atoms with Crippen LogP contribution in [0.4, 0.5) is 15.8 Å². The lowest BCUT2D eigenvalue weighted by atomic mass is 10.2. The zero-order valence-corrected chi connectivity index (χ0v) is 14.0. The van der Waals surface area contributed by atoms with Crippen LogP contribution in [0.15, 0.2) is 48.5 Å². The summed E-state index contributed by atoms with van der Waals surface area (Å²) in [4.78, 5) is 37.4. The molecule has 0 radical (unpaired) electrons. The van der Waals surface area contributed by atoms with E-state index in [4.69, 9.17) is 0 Å². The number of benzene rings is 2. The lowest BCUT2D eigenvalue weighted by Gasteiger charge is -2.15. The fraction of sp³-hybridized carbons (Fsp3) is 0.211. The van der Waals surface area contributed by atoms with E-state index < -0.39 is 17.6 Å². The molecule has 2 N–H and O–H groups in total. The molecule has 1 heterocycles. The van der Waals surface area contributed by atoms with E-state index in [9.17, 15) is 18.8 Å². The van der Waals surface area contributed by atoms with E-state index >= 15 is 0 Å². The van der Waals surface area contributed by atoms with Crippen molar-refractivity contribution in [3.63, 3.8) is 0 Å². The maximum Gasteiger partial charge on any atom is 0.251 e. The summed E-state index contributed by atoms with van der Waals surface area (Å²) in [5.41, 5.74) is 1.47. The monoisotopic (exact) mass is 355 g/mol. The van der Waals surface area contributed by atoms with E-state index in [1.165, 1.54) is 18.2 Å². The SMILES string of the molecule is O=C(CNC(=O)c1ccc(N2CCCC2=O)cc1)Nc1cccc(F)c1. The number of halogens is 1. The molecule has 0 atom stereocenters. The first-order valence-corrected chi connectivity index (χ1v) is 8.27. The van der Waals surface area contributed by atoms with Crippen LogP contribution in [0.3, 0.4) is 0 Å². The average Bonchev–Trinajstić information content (AvgIpc) is 3.06. The molecule has 0 saturated carbocycles. The van der Waals surface area contributed by atoms with Crippen LogP contribution in [0.1, 0.15) is 23.2 Å². The third-order valence-corrected chi connectivity index (χ3v) is 4.03. The van der Waals surface area contributed by atoms with Crippen LogP contribution in [0.25, 0.3) is 0 Å². The van der Waals surface area contributed by atoms with Crippen molar-refractivity contribution in [1.29, 1.82) is 0 Å². The van der Waals surface area contributed by atoms with Crippen molar-refractivity contribution < 1.29 is 18.8 Å². The van der Waals surface area contributed by atoms with Crippen molar-refractivity contribution in [2.75, 3.05) is 23.3 Å². The van der Waals surface area contributed by atoms with E-state index in [1.807, 2.05) is 0 Å². The Morgan fingerprint density at radius 1 is 1.12 bits per heavy atom. The molecule has 0 bridgehead atoms. The zero-order valence-electron chi connectivity index (χ0n) is 14.0. The largest absolute Gasteiger partial charge is 0.343 e. The summed E-state index contributed by atoms with van der Waals surface area (Å²) in [6.07, 6.45) is 1.38. The Morgan fingerprint density at radius 3 is 2.54 bits per heavy atom. The van der Waals surface area contributed by atoms with Gasteiger partial charge in [0.15, 0.2) is 0 Å². The summed E-state index contributed by atoms with van der Waals surface area (Å²) in [5, 5.41) is 5.01.